The number of aliphatic carboxylic acids is 1. The number of carboxylic acids is 1. The highest BCUT2D eigenvalue weighted by molar-refractivity contribution is 6.31. The number of halogens is 1. The van der Waals surface area contributed by atoms with Gasteiger partial charge in [-0.3, -0.25) is 4.79 Å². The van der Waals surface area contributed by atoms with Gasteiger partial charge in [-0.05, 0) is 37.6 Å². The largest absolute Gasteiger partial charge is 0.492 e. The first-order valence-electron chi connectivity index (χ1n) is 9.25. The van der Waals surface area contributed by atoms with Crippen molar-refractivity contribution in [3.63, 3.8) is 0 Å². The first kappa shape index (κ1) is 19.3. The minimum Gasteiger partial charge on any atom is -0.492 e. The van der Waals surface area contributed by atoms with Crippen LogP contribution >= 0.6 is 11.6 Å². The van der Waals surface area contributed by atoms with Crippen LogP contribution in [0.3, 0.4) is 0 Å². The van der Waals surface area contributed by atoms with Crippen molar-refractivity contribution < 1.29 is 23.9 Å². The van der Waals surface area contributed by atoms with Crippen LogP contribution in [-0.2, 0) is 11.4 Å². The topological polar surface area (TPSA) is 81.8 Å². The van der Waals surface area contributed by atoms with E-state index < -0.39 is 5.97 Å². The molecule has 1 aliphatic heterocycles. The van der Waals surface area contributed by atoms with Gasteiger partial charge in [0.25, 0.3) is 0 Å². The first-order chi connectivity index (χ1) is 13.9. The summed E-state index contributed by atoms with van der Waals surface area (Å²) in [5, 5.41) is 13.6. The zero-order valence-corrected chi connectivity index (χ0v) is 16.8. The van der Waals surface area contributed by atoms with Crippen LogP contribution < -0.4 is 9.47 Å². The summed E-state index contributed by atoms with van der Waals surface area (Å²) in [7, 11) is 0. The van der Waals surface area contributed by atoms with E-state index in [9.17, 15) is 4.79 Å². The van der Waals surface area contributed by atoms with Gasteiger partial charge in [-0.2, -0.15) is 0 Å². The Bertz CT molecular complexity index is 1060. The number of hydrogen-bond acceptors (Lipinski definition) is 5. The second kappa shape index (κ2) is 7.79. The molecule has 150 valence electrons. The Morgan fingerprint density at radius 2 is 2.10 bits per heavy atom. The molecule has 0 spiro atoms. The van der Waals surface area contributed by atoms with E-state index in [1.54, 1.807) is 6.07 Å². The van der Waals surface area contributed by atoms with Crippen molar-refractivity contribution in [2.75, 3.05) is 6.61 Å². The fourth-order valence-corrected chi connectivity index (χ4v) is 3.80. The lowest BCUT2D eigenvalue weighted by Gasteiger charge is -2.11. The van der Waals surface area contributed by atoms with Gasteiger partial charge in [0.1, 0.15) is 23.9 Å². The number of hydrogen-bond donors (Lipinski definition) is 1. The molecule has 6 nitrogen and oxygen atoms in total. The molecule has 1 atom stereocenters. The number of nitrogens with zero attached hydrogens (tertiary/aromatic N) is 1. The van der Waals surface area contributed by atoms with Crippen molar-refractivity contribution in [2.24, 2.45) is 0 Å². The molecule has 1 N–H and O–H groups in total. The third-order valence-electron chi connectivity index (χ3n) is 5.05. The highest BCUT2D eigenvalue weighted by Crippen LogP contribution is 2.38. The summed E-state index contributed by atoms with van der Waals surface area (Å²) >= 11 is 6.37. The van der Waals surface area contributed by atoms with Gasteiger partial charge in [0, 0.05) is 33.7 Å². The lowest BCUT2D eigenvalue weighted by Crippen LogP contribution is -2.07. The van der Waals surface area contributed by atoms with E-state index in [0.717, 1.165) is 33.7 Å². The van der Waals surface area contributed by atoms with Gasteiger partial charge in [-0.1, -0.05) is 28.9 Å². The normalized spacial score (nSPS) is 15.1. The number of rotatable bonds is 6. The van der Waals surface area contributed by atoms with Crippen molar-refractivity contribution in [3.8, 4) is 22.6 Å². The van der Waals surface area contributed by atoms with Crippen molar-refractivity contribution >= 4 is 17.6 Å². The zero-order valence-electron chi connectivity index (χ0n) is 16.1. The number of carbonyl (C=O) groups is 1. The average molecular weight is 414 g/mol. The summed E-state index contributed by atoms with van der Waals surface area (Å²) in [6, 6.07) is 11.2. The minimum absolute atomic E-state index is 0.0529. The van der Waals surface area contributed by atoms with Gasteiger partial charge >= 0.3 is 5.97 Å². The number of aromatic nitrogens is 1. The van der Waals surface area contributed by atoms with Gasteiger partial charge in [0.05, 0.1) is 18.7 Å². The smallest absolute Gasteiger partial charge is 0.304 e. The Labute approximate surface area is 173 Å². The van der Waals surface area contributed by atoms with E-state index in [4.69, 9.17) is 30.7 Å². The molecule has 29 heavy (non-hydrogen) atoms. The standard InChI is InChI=1S/C22H20ClNO5/c1-12-22(13(2)29-24-12)14-3-6-19(23)16(7-14)11-27-17-4-5-18-15(8-21(25)26)10-28-20(18)9-17/h3-7,9,15H,8,10-11H2,1-2H3,(H,25,26). The highest BCUT2D eigenvalue weighted by Gasteiger charge is 2.26. The highest BCUT2D eigenvalue weighted by atomic mass is 35.5. The molecule has 0 bridgehead atoms. The third-order valence-corrected chi connectivity index (χ3v) is 5.42. The van der Waals surface area contributed by atoms with Crippen molar-refractivity contribution in [2.45, 2.75) is 32.8 Å². The molecule has 2 aromatic carbocycles. The molecule has 0 amide bonds. The molecule has 1 aliphatic rings. The molecule has 7 heteroatoms. The fraction of sp³-hybridized carbons (Fsp3) is 0.273. The first-order valence-corrected chi connectivity index (χ1v) is 9.63. The van der Waals surface area contributed by atoms with Crippen molar-refractivity contribution in [3.05, 3.63) is 64.0 Å². The van der Waals surface area contributed by atoms with E-state index in [2.05, 4.69) is 5.16 Å². The maximum absolute atomic E-state index is 11.0. The Balaban J connectivity index is 1.51. The maximum Gasteiger partial charge on any atom is 0.304 e. The Morgan fingerprint density at radius 3 is 2.83 bits per heavy atom. The van der Waals surface area contributed by atoms with E-state index in [1.165, 1.54) is 0 Å². The quantitative estimate of drug-likeness (QED) is 0.602. The number of carboxylic acid groups (broad SMARTS) is 1. The van der Waals surface area contributed by atoms with E-state index in [-0.39, 0.29) is 18.9 Å². The van der Waals surface area contributed by atoms with Crippen LogP contribution in [0.15, 0.2) is 40.9 Å². The van der Waals surface area contributed by atoms with E-state index >= 15 is 0 Å². The van der Waals surface area contributed by atoms with Crippen LogP contribution in [0.1, 0.15) is 34.9 Å². The summed E-state index contributed by atoms with van der Waals surface area (Å²) in [6.07, 6.45) is 0.0529. The predicted octanol–water partition coefficient (Wildman–Crippen LogP) is 5.14. The fourth-order valence-electron chi connectivity index (χ4n) is 3.62. The summed E-state index contributed by atoms with van der Waals surface area (Å²) < 4.78 is 16.8. The molecule has 0 saturated carbocycles. The van der Waals surface area contributed by atoms with Gasteiger partial charge in [0.2, 0.25) is 0 Å². The Morgan fingerprint density at radius 1 is 1.28 bits per heavy atom. The molecule has 0 saturated heterocycles. The molecule has 3 aromatic rings. The van der Waals surface area contributed by atoms with E-state index in [1.807, 2.05) is 44.2 Å². The molecule has 4 rings (SSSR count). The summed E-state index contributed by atoms with van der Waals surface area (Å²) in [5.74, 6) is 1.10. The van der Waals surface area contributed by atoms with Gasteiger partial charge < -0.3 is 19.1 Å². The second-order valence-electron chi connectivity index (χ2n) is 7.10. The van der Waals surface area contributed by atoms with Crippen LogP contribution in [0.4, 0.5) is 0 Å². The molecule has 0 radical (unpaired) electrons. The molecular weight excluding hydrogens is 394 g/mol. The average Bonchev–Trinajstić information content (AvgIpc) is 3.23. The molecule has 2 heterocycles. The maximum atomic E-state index is 11.0. The van der Waals surface area contributed by atoms with Crippen LogP contribution in [0, 0.1) is 13.8 Å². The molecule has 1 unspecified atom stereocenters. The van der Waals surface area contributed by atoms with Crippen LogP contribution in [-0.4, -0.2) is 22.8 Å². The van der Waals surface area contributed by atoms with Crippen molar-refractivity contribution in [1.82, 2.24) is 5.16 Å². The number of ether oxygens (including phenoxy) is 2. The Hall–Kier alpha value is -2.99. The zero-order chi connectivity index (χ0) is 20.5. The number of aryl methyl sites for hydroxylation is 2. The predicted molar refractivity (Wildman–Crippen MR) is 108 cm³/mol. The van der Waals surface area contributed by atoms with Crippen LogP contribution in [0.2, 0.25) is 5.02 Å². The van der Waals surface area contributed by atoms with Crippen molar-refractivity contribution in [1.29, 1.82) is 0 Å². The van der Waals surface area contributed by atoms with Gasteiger partial charge in [0.15, 0.2) is 0 Å². The number of benzene rings is 2. The van der Waals surface area contributed by atoms with Gasteiger partial charge in [-0.15, -0.1) is 0 Å². The van der Waals surface area contributed by atoms with E-state index in [0.29, 0.717) is 23.1 Å². The molecular formula is C22H20ClNO5. The van der Waals surface area contributed by atoms with Gasteiger partial charge in [-0.25, -0.2) is 0 Å². The monoisotopic (exact) mass is 413 g/mol. The number of fused-ring (bicyclic) bond motifs is 1. The van der Waals surface area contributed by atoms with Crippen LogP contribution in [0.5, 0.6) is 11.5 Å². The van der Waals surface area contributed by atoms with Crippen LogP contribution in [0.25, 0.3) is 11.1 Å². The summed E-state index contributed by atoms with van der Waals surface area (Å²) in [4.78, 5) is 11.0. The summed E-state index contributed by atoms with van der Waals surface area (Å²) in [5.41, 5.74) is 4.49. The molecule has 0 aliphatic carbocycles. The second-order valence-corrected chi connectivity index (χ2v) is 7.51. The molecule has 0 fully saturated rings. The SMILES string of the molecule is Cc1noc(C)c1-c1ccc(Cl)c(COc2ccc3c(c2)OCC3CC(=O)O)c1. The third kappa shape index (κ3) is 3.93. The molecule has 1 aromatic heterocycles. The lowest BCUT2D eigenvalue weighted by atomic mass is 9.98. The Kier molecular flexibility index (Phi) is 5.20. The minimum atomic E-state index is -0.834. The summed E-state index contributed by atoms with van der Waals surface area (Å²) in [6.45, 7) is 4.44. The lowest BCUT2D eigenvalue weighted by molar-refractivity contribution is -0.137.